The van der Waals surface area contributed by atoms with Crippen LogP contribution in [0.2, 0.25) is 0 Å². The molecule has 1 aliphatic heterocycles. The molecule has 5 nitrogen and oxygen atoms in total. The van der Waals surface area contributed by atoms with Crippen molar-refractivity contribution < 1.29 is 9.53 Å². The molecule has 0 bridgehead atoms. The number of cyclic esters (lactones) is 1. The summed E-state index contributed by atoms with van der Waals surface area (Å²) in [5.41, 5.74) is 0. The molecule has 0 radical (unpaired) electrons. The van der Waals surface area contributed by atoms with Crippen LogP contribution in [-0.2, 0) is 11.3 Å². The van der Waals surface area contributed by atoms with Crippen LogP contribution in [0.25, 0.3) is 0 Å². The van der Waals surface area contributed by atoms with Crippen molar-refractivity contribution in [1.82, 2.24) is 14.5 Å². The maximum absolute atomic E-state index is 11.3. The summed E-state index contributed by atoms with van der Waals surface area (Å²) in [7, 11) is 0. The SMILES string of the molecule is CCN1C(=O)OC[C@@H]1Cn1ccnc1C. The van der Waals surface area contributed by atoms with Crippen molar-refractivity contribution in [1.29, 1.82) is 0 Å². The maximum Gasteiger partial charge on any atom is 0.410 e. The predicted molar refractivity (Wildman–Crippen MR) is 54.5 cm³/mol. The van der Waals surface area contributed by atoms with Gasteiger partial charge in [0, 0.05) is 25.5 Å². The number of amides is 1. The molecule has 0 saturated carbocycles. The Morgan fingerprint density at radius 2 is 2.47 bits per heavy atom. The number of nitrogens with zero attached hydrogens (tertiary/aromatic N) is 3. The van der Waals surface area contributed by atoms with Gasteiger partial charge >= 0.3 is 6.09 Å². The molecule has 0 spiro atoms. The van der Waals surface area contributed by atoms with Gasteiger partial charge in [-0.2, -0.15) is 0 Å². The molecule has 82 valence electrons. The van der Waals surface area contributed by atoms with Crippen LogP contribution in [0.15, 0.2) is 12.4 Å². The second kappa shape index (κ2) is 3.92. The molecule has 1 fully saturated rings. The number of hydrogen-bond donors (Lipinski definition) is 0. The van der Waals surface area contributed by atoms with Gasteiger partial charge in [-0.25, -0.2) is 9.78 Å². The van der Waals surface area contributed by atoms with Gasteiger partial charge in [-0.3, -0.25) is 0 Å². The van der Waals surface area contributed by atoms with Crippen LogP contribution >= 0.6 is 0 Å². The van der Waals surface area contributed by atoms with Crippen LogP contribution < -0.4 is 0 Å². The van der Waals surface area contributed by atoms with Crippen molar-refractivity contribution >= 4 is 6.09 Å². The number of hydrogen-bond acceptors (Lipinski definition) is 3. The van der Waals surface area contributed by atoms with Gasteiger partial charge in [0.05, 0.1) is 6.04 Å². The Kier molecular flexibility index (Phi) is 2.62. The predicted octanol–water partition coefficient (Wildman–Crippen LogP) is 1.03. The second-order valence-corrected chi connectivity index (χ2v) is 3.64. The van der Waals surface area contributed by atoms with E-state index in [0.29, 0.717) is 13.2 Å². The molecular formula is C10H15N3O2. The Labute approximate surface area is 88.7 Å². The van der Waals surface area contributed by atoms with E-state index in [-0.39, 0.29) is 12.1 Å². The molecule has 0 aromatic carbocycles. The molecule has 2 rings (SSSR count). The van der Waals surface area contributed by atoms with Crippen molar-refractivity contribution in [2.24, 2.45) is 0 Å². The lowest BCUT2D eigenvalue weighted by Gasteiger charge is -2.20. The van der Waals surface area contributed by atoms with Gasteiger partial charge in [-0.1, -0.05) is 0 Å². The smallest absolute Gasteiger partial charge is 0.410 e. The summed E-state index contributed by atoms with van der Waals surface area (Å²) in [4.78, 5) is 17.2. The van der Waals surface area contributed by atoms with Gasteiger partial charge in [0.2, 0.25) is 0 Å². The molecule has 5 heteroatoms. The van der Waals surface area contributed by atoms with Gasteiger partial charge in [0.25, 0.3) is 0 Å². The maximum atomic E-state index is 11.3. The largest absolute Gasteiger partial charge is 0.447 e. The van der Waals surface area contributed by atoms with Crippen molar-refractivity contribution in [3.8, 4) is 0 Å². The number of carbonyl (C=O) groups excluding carboxylic acids is 1. The van der Waals surface area contributed by atoms with Crippen molar-refractivity contribution in [3.63, 3.8) is 0 Å². The molecule has 1 atom stereocenters. The summed E-state index contributed by atoms with van der Waals surface area (Å²) >= 11 is 0. The van der Waals surface area contributed by atoms with Crippen LogP contribution in [0.4, 0.5) is 4.79 Å². The summed E-state index contributed by atoms with van der Waals surface area (Å²) in [5.74, 6) is 0.963. The first kappa shape index (κ1) is 10.0. The number of carbonyl (C=O) groups is 1. The zero-order valence-corrected chi connectivity index (χ0v) is 9.01. The van der Waals surface area contributed by atoms with E-state index in [4.69, 9.17) is 4.74 Å². The highest BCUT2D eigenvalue weighted by molar-refractivity contribution is 5.69. The lowest BCUT2D eigenvalue weighted by Crippen LogP contribution is -2.36. The third kappa shape index (κ3) is 1.82. The van der Waals surface area contributed by atoms with Gasteiger partial charge in [-0.15, -0.1) is 0 Å². The van der Waals surface area contributed by atoms with Gasteiger partial charge in [-0.05, 0) is 13.8 Å². The Hall–Kier alpha value is -1.52. The van der Waals surface area contributed by atoms with Gasteiger partial charge in [0.15, 0.2) is 0 Å². The van der Waals surface area contributed by atoms with Gasteiger partial charge in [0.1, 0.15) is 12.4 Å². The zero-order valence-electron chi connectivity index (χ0n) is 9.01. The lowest BCUT2D eigenvalue weighted by atomic mass is 10.3. The highest BCUT2D eigenvalue weighted by Gasteiger charge is 2.31. The topological polar surface area (TPSA) is 47.4 Å². The molecule has 1 aliphatic rings. The Bertz CT molecular complexity index is 361. The van der Waals surface area contributed by atoms with Crippen molar-refractivity contribution in [2.75, 3.05) is 13.2 Å². The second-order valence-electron chi connectivity index (χ2n) is 3.64. The lowest BCUT2D eigenvalue weighted by molar-refractivity contribution is 0.159. The Morgan fingerprint density at radius 3 is 3.07 bits per heavy atom. The number of imidazole rings is 1. The number of aryl methyl sites for hydroxylation is 1. The Balaban J connectivity index is 2.06. The van der Waals surface area contributed by atoms with E-state index >= 15 is 0 Å². The quantitative estimate of drug-likeness (QED) is 0.747. The van der Waals surface area contributed by atoms with E-state index in [1.54, 1.807) is 11.1 Å². The normalized spacial score (nSPS) is 20.8. The first-order chi connectivity index (χ1) is 7.22. The van der Waals surface area contributed by atoms with E-state index in [9.17, 15) is 4.79 Å². The molecule has 0 N–H and O–H groups in total. The molecule has 1 aromatic heterocycles. The molecule has 1 saturated heterocycles. The summed E-state index contributed by atoms with van der Waals surface area (Å²) in [6.07, 6.45) is 3.48. The molecule has 0 unspecified atom stereocenters. The standard InChI is InChI=1S/C10H15N3O2/c1-3-13-9(7-15-10(13)14)6-12-5-4-11-8(12)2/h4-5,9H,3,6-7H2,1-2H3/t9-/m0/s1. The van der Waals surface area contributed by atoms with Crippen LogP contribution in [0.1, 0.15) is 12.7 Å². The van der Waals surface area contributed by atoms with E-state index in [0.717, 1.165) is 12.4 Å². The molecule has 0 aliphatic carbocycles. The first-order valence-electron chi connectivity index (χ1n) is 5.13. The summed E-state index contributed by atoms with van der Waals surface area (Å²) < 4.78 is 7.05. The number of aromatic nitrogens is 2. The fraction of sp³-hybridized carbons (Fsp3) is 0.600. The van der Waals surface area contributed by atoms with E-state index in [1.807, 2.05) is 24.6 Å². The number of likely N-dealkylation sites (N-methyl/N-ethyl adjacent to an activating group) is 1. The van der Waals surface area contributed by atoms with Crippen molar-refractivity contribution in [2.45, 2.75) is 26.4 Å². The molecule has 1 aromatic rings. The number of ether oxygens (including phenoxy) is 1. The highest BCUT2D eigenvalue weighted by atomic mass is 16.6. The molecule has 15 heavy (non-hydrogen) atoms. The molecular weight excluding hydrogens is 194 g/mol. The number of rotatable bonds is 3. The average molecular weight is 209 g/mol. The fourth-order valence-electron chi connectivity index (χ4n) is 1.85. The zero-order chi connectivity index (χ0) is 10.8. The van der Waals surface area contributed by atoms with Gasteiger partial charge < -0.3 is 14.2 Å². The fourth-order valence-corrected chi connectivity index (χ4v) is 1.85. The minimum Gasteiger partial charge on any atom is -0.447 e. The van der Waals surface area contributed by atoms with Crippen LogP contribution in [-0.4, -0.2) is 39.7 Å². The average Bonchev–Trinajstić information content (AvgIpc) is 2.76. The molecule has 1 amide bonds. The van der Waals surface area contributed by atoms with Crippen LogP contribution in [0.5, 0.6) is 0 Å². The van der Waals surface area contributed by atoms with Crippen molar-refractivity contribution in [3.05, 3.63) is 18.2 Å². The third-order valence-electron chi connectivity index (χ3n) is 2.75. The summed E-state index contributed by atoms with van der Waals surface area (Å²) in [6, 6.07) is 0.135. The monoisotopic (exact) mass is 209 g/mol. The van der Waals surface area contributed by atoms with E-state index < -0.39 is 0 Å². The summed E-state index contributed by atoms with van der Waals surface area (Å²) in [5, 5.41) is 0. The van der Waals surface area contributed by atoms with E-state index in [2.05, 4.69) is 4.98 Å². The van der Waals surface area contributed by atoms with Crippen LogP contribution in [0.3, 0.4) is 0 Å². The van der Waals surface area contributed by atoms with Crippen LogP contribution in [0, 0.1) is 6.92 Å². The highest BCUT2D eigenvalue weighted by Crippen LogP contribution is 2.14. The molecule has 2 heterocycles. The minimum atomic E-state index is -0.208. The van der Waals surface area contributed by atoms with E-state index in [1.165, 1.54) is 0 Å². The first-order valence-corrected chi connectivity index (χ1v) is 5.13. The summed E-state index contributed by atoms with van der Waals surface area (Å²) in [6.45, 7) is 5.83. The Morgan fingerprint density at radius 1 is 1.67 bits per heavy atom. The third-order valence-corrected chi connectivity index (χ3v) is 2.75. The minimum absolute atomic E-state index is 0.135.